The highest BCUT2D eigenvalue weighted by Gasteiger charge is 2.16. The molecular formula is C14H12BrFN4O3. The predicted molar refractivity (Wildman–Crippen MR) is 85.6 cm³/mol. The highest BCUT2D eigenvalue weighted by molar-refractivity contribution is 9.08. The lowest BCUT2D eigenvalue weighted by atomic mass is 10.2. The molecule has 2 heterocycles. The Morgan fingerprint density at radius 3 is 2.78 bits per heavy atom. The van der Waals surface area contributed by atoms with Gasteiger partial charge < -0.3 is 9.30 Å². The van der Waals surface area contributed by atoms with Crippen molar-refractivity contribution in [2.24, 2.45) is 7.05 Å². The number of halogens is 2. The number of aromatic nitrogens is 4. The minimum absolute atomic E-state index is 0.250. The highest BCUT2D eigenvalue weighted by Crippen LogP contribution is 2.21. The van der Waals surface area contributed by atoms with E-state index in [2.05, 4.69) is 21.1 Å². The fraction of sp³-hybridized carbons (Fsp3) is 0.214. The van der Waals surface area contributed by atoms with Crippen LogP contribution in [0.3, 0.4) is 0 Å². The number of nitrogens with zero attached hydrogens (tertiary/aromatic N) is 4. The van der Waals surface area contributed by atoms with Crippen LogP contribution in [0.15, 0.2) is 34.1 Å². The van der Waals surface area contributed by atoms with E-state index in [0.717, 1.165) is 3.59 Å². The van der Waals surface area contributed by atoms with Crippen molar-refractivity contribution in [2.45, 2.75) is 6.54 Å². The summed E-state index contributed by atoms with van der Waals surface area (Å²) >= 11 is 2.95. The molecule has 0 aliphatic rings. The monoisotopic (exact) mass is 382 g/mol. The van der Waals surface area contributed by atoms with Gasteiger partial charge in [0.25, 0.3) is 5.56 Å². The molecule has 0 aliphatic carbocycles. The largest absolute Gasteiger partial charge is 0.496 e. The Bertz CT molecular complexity index is 1020. The molecule has 0 saturated heterocycles. The molecule has 23 heavy (non-hydrogen) atoms. The summed E-state index contributed by atoms with van der Waals surface area (Å²) in [6.07, 6.45) is 1.46. The molecule has 0 N–H and O–H groups in total. The van der Waals surface area contributed by atoms with Crippen LogP contribution in [0.1, 0.15) is 5.56 Å². The number of aryl methyl sites for hydroxylation is 1. The topological polar surface area (TPSA) is 71.1 Å². The molecular weight excluding hydrogens is 371 g/mol. The Labute approximate surface area is 137 Å². The van der Waals surface area contributed by atoms with Gasteiger partial charge in [0, 0.05) is 18.7 Å². The van der Waals surface area contributed by atoms with E-state index in [9.17, 15) is 14.0 Å². The first-order valence-electron chi connectivity index (χ1n) is 6.59. The van der Waals surface area contributed by atoms with Crippen molar-refractivity contribution < 1.29 is 9.13 Å². The Morgan fingerprint density at radius 1 is 1.35 bits per heavy atom. The number of benzene rings is 1. The Morgan fingerprint density at radius 2 is 2.09 bits per heavy atom. The number of methoxy groups -OCH3 is 1. The van der Waals surface area contributed by atoms with Gasteiger partial charge in [0.2, 0.25) is 0 Å². The zero-order chi connectivity index (χ0) is 16.7. The molecule has 3 aromatic rings. The molecule has 0 radical (unpaired) electrons. The van der Waals surface area contributed by atoms with Crippen LogP contribution in [-0.4, -0.2) is 24.8 Å². The van der Waals surface area contributed by atoms with Gasteiger partial charge in [0.15, 0.2) is 11.2 Å². The van der Waals surface area contributed by atoms with E-state index >= 15 is 0 Å². The molecule has 3 rings (SSSR count). The van der Waals surface area contributed by atoms with Crippen LogP contribution >= 0.6 is 16.1 Å². The maximum Gasteiger partial charge on any atom is 0.342 e. The van der Waals surface area contributed by atoms with Crippen molar-refractivity contribution in [3.63, 3.8) is 0 Å². The molecule has 0 atom stereocenters. The smallest absolute Gasteiger partial charge is 0.342 e. The fourth-order valence-electron chi connectivity index (χ4n) is 2.39. The quantitative estimate of drug-likeness (QED) is 0.683. The van der Waals surface area contributed by atoms with Crippen molar-refractivity contribution in [1.82, 2.24) is 17.7 Å². The van der Waals surface area contributed by atoms with Crippen molar-refractivity contribution in [3.8, 4) is 5.75 Å². The maximum atomic E-state index is 13.3. The molecule has 2 aromatic heterocycles. The summed E-state index contributed by atoms with van der Waals surface area (Å²) in [4.78, 5) is 28.3. The molecule has 0 saturated carbocycles. The number of hydrogen-bond acceptors (Lipinski definition) is 4. The molecule has 0 amide bonds. The first-order chi connectivity index (χ1) is 10.9. The molecule has 1 aromatic carbocycles. The minimum Gasteiger partial charge on any atom is -0.496 e. The van der Waals surface area contributed by atoms with Gasteiger partial charge in [-0.25, -0.2) is 14.2 Å². The van der Waals surface area contributed by atoms with Gasteiger partial charge in [-0.2, -0.15) is 3.59 Å². The van der Waals surface area contributed by atoms with Crippen molar-refractivity contribution in [2.75, 3.05) is 7.11 Å². The van der Waals surface area contributed by atoms with Gasteiger partial charge in [0.05, 0.1) is 36.1 Å². The van der Waals surface area contributed by atoms with E-state index in [0.29, 0.717) is 11.3 Å². The third-order valence-corrected chi connectivity index (χ3v) is 4.19. The van der Waals surface area contributed by atoms with E-state index < -0.39 is 17.1 Å². The van der Waals surface area contributed by atoms with Crippen LogP contribution in [0.5, 0.6) is 5.75 Å². The number of rotatable bonds is 3. The van der Waals surface area contributed by atoms with Crippen LogP contribution in [0.4, 0.5) is 4.39 Å². The summed E-state index contributed by atoms with van der Waals surface area (Å²) in [5.74, 6) is -0.0397. The van der Waals surface area contributed by atoms with E-state index in [4.69, 9.17) is 4.74 Å². The zero-order valence-corrected chi connectivity index (χ0v) is 13.9. The van der Waals surface area contributed by atoms with Crippen molar-refractivity contribution in [3.05, 3.63) is 56.7 Å². The van der Waals surface area contributed by atoms with Crippen molar-refractivity contribution in [1.29, 1.82) is 0 Å². The van der Waals surface area contributed by atoms with Gasteiger partial charge in [-0.05, 0) is 6.07 Å². The fourth-order valence-corrected chi connectivity index (χ4v) is 2.80. The average Bonchev–Trinajstić information content (AvgIpc) is 2.96. The van der Waals surface area contributed by atoms with Crippen LogP contribution in [0.25, 0.3) is 11.2 Å². The second-order valence-corrected chi connectivity index (χ2v) is 5.64. The maximum absolute atomic E-state index is 13.3. The summed E-state index contributed by atoms with van der Waals surface area (Å²) in [6, 6.07) is 4.16. The molecule has 0 spiro atoms. The predicted octanol–water partition coefficient (Wildman–Crippen LogP) is 1.25. The summed E-state index contributed by atoms with van der Waals surface area (Å²) < 4.78 is 22.1. The second kappa shape index (κ2) is 5.65. The third-order valence-electron chi connectivity index (χ3n) is 3.56. The number of fused-ring (bicyclic) bond motifs is 1. The highest BCUT2D eigenvalue weighted by atomic mass is 79.9. The second-order valence-electron chi connectivity index (χ2n) is 4.93. The van der Waals surface area contributed by atoms with Crippen molar-refractivity contribution >= 4 is 27.3 Å². The van der Waals surface area contributed by atoms with Gasteiger partial charge >= 0.3 is 5.69 Å². The summed E-state index contributed by atoms with van der Waals surface area (Å²) in [5, 5.41) is 0. The Hall–Kier alpha value is -2.42. The lowest BCUT2D eigenvalue weighted by Crippen LogP contribution is -2.34. The van der Waals surface area contributed by atoms with Crippen LogP contribution in [0, 0.1) is 5.82 Å². The van der Waals surface area contributed by atoms with E-state index in [1.807, 2.05) is 0 Å². The third kappa shape index (κ3) is 2.46. The van der Waals surface area contributed by atoms with Gasteiger partial charge in [-0.1, -0.05) is 6.07 Å². The first-order valence-corrected chi connectivity index (χ1v) is 7.30. The van der Waals surface area contributed by atoms with Crippen LogP contribution in [-0.2, 0) is 13.6 Å². The van der Waals surface area contributed by atoms with E-state index in [-0.39, 0.29) is 17.7 Å². The van der Waals surface area contributed by atoms with Crippen LogP contribution < -0.4 is 16.0 Å². The summed E-state index contributed by atoms with van der Waals surface area (Å²) in [7, 11) is 2.97. The number of ether oxygens (including phenoxy) is 1. The SMILES string of the molecule is COc1cc(F)ccc1Cn1cnc2c1c(=O)n(Br)c(=O)n2C. The normalized spacial score (nSPS) is 11.1. The van der Waals surface area contributed by atoms with Gasteiger partial charge in [-0.3, -0.25) is 9.36 Å². The molecule has 9 heteroatoms. The minimum atomic E-state index is -0.521. The molecule has 0 unspecified atom stereocenters. The van der Waals surface area contributed by atoms with E-state index in [1.54, 1.807) is 10.6 Å². The number of hydrogen-bond donors (Lipinski definition) is 0. The van der Waals surface area contributed by atoms with E-state index in [1.165, 1.54) is 37.2 Å². The van der Waals surface area contributed by atoms with Gasteiger partial charge in [-0.15, -0.1) is 0 Å². The Kier molecular flexibility index (Phi) is 3.80. The molecule has 0 bridgehead atoms. The number of imidazole rings is 1. The average molecular weight is 383 g/mol. The van der Waals surface area contributed by atoms with Crippen LogP contribution in [0.2, 0.25) is 0 Å². The molecule has 7 nitrogen and oxygen atoms in total. The lowest BCUT2D eigenvalue weighted by Gasteiger charge is -2.10. The molecule has 0 fully saturated rings. The lowest BCUT2D eigenvalue weighted by molar-refractivity contribution is 0.405. The standard InChI is InChI=1S/C14H12BrFN4O3/c1-18-12-11(13(21)20(15)14(18)22)19(7-17-12)6-8-3-4-9(16)5-10(8)23-2/h3-5,7H,6H2,1-2H3. The van der Waals surface area contributed by atoms with Gasteiger partial charge in [0.1, 0.15) is 11.6 Å². The molecule has 120 valence electrons. The molecule has 0 aliphatic heterocycles. The first kappa shape index (κ1) is 15.5. The summed E-state index contributed by atoms with van der Waals surface area (Å²) in [6.45, 7) is 0.250. The summed E-state index contributed by atoms with van der Waals surface area (Å²) in [5.41, 5.74) is 0.184. The zero-order valence-electron chi connectivity index (χ0n) is 12.3. The Balaban J connectivity index is 2.20.